The molecule has 0 aromatic heterocycles. The van der Waals surface area contributed by atoms with Crippen molar-refractivity contribution in [2.24, 2.45) is 23.7 Å². The predicted octanol–water partition coefficient (Wildman–Crippen LogP) is 17.4. The van der Waals surface area contributed by atoms with E-state index in [-0.39, 0.29) is 25.7 Å². The Kier molecular flexibility index (Phi) is 53.0. The Morgan fingerprint density at radius 3 is 0.855 bits per heavy atom. The van der Waals surface area contributed by atoms with Crippen LogP contribution in [0, 0.1) is 23.7 Å². The monoisotopic (exact) mass is 1230 g/mol. The maximum absolute atomic E-state index is 13.0. The first-order valence-electron chi connectivity index (χ1n) is 33.2. The second-order valence-electron chi connectivity index (χ2n) is 24.8. The lowest BCUT2D eigenvalue weighted by molar-refractivity contribution is -0.161. The highest BCUT2D eigenvalue weighted by molar-refractivity contribution is 7.47. The number of rotatable bonds is 61. The van der Waals surface area contributed by atoms with Gasteiger partial charge in [-0.25, -0.2) is 9.13 Å². The zero-order valence-corrected chi connectivity index (χ0v) is 55.6. The minimum atomic E-state index is -4.95. The third kappa shape index (κ3) is 57.6. The number of unbranched alkanes of at least 4 members (excludes halogenated alkanes) is 26. The van der Waals surface area contributed by atoms with Gasteiger partial charge in [0, 0.05) is 25.7 Å². The summed E-state index contributed by atoms with van der Waals surface area (Å²) in [5, 5.41) is 10.5. The summed E-state index contributed by atoms with van der Waals surface area (Å²) in [7, 11) is -9.89. The minimum Gasteiger partial charge on any atom is -0.462 e. The van der Waals surface area contributed by atoms with Crippen molar-refractivity contribution >= 4 is 39.5 Å². The number of phosphoric ester groups is 2. The lowest BCUT2D eigenvalue weighted by atomic mass is 10.00. The second kappa shape index (κ2) is 54.2. The molecule has 6 atom stereocenters. The van der Waals surface area contributed by atoms with Crippen molar-refractivity contribution in [3.8, 4) is 0 Å². The Balaban J connectivity index is 5.25. The molecule has 0 amide bonds. The number of hydrogen-bond donors (Lipinski definition) is 3. The lowest BCUT2D eigenvalue weighted by Crippen LogP contribution is -2.30. The summed E-state index contributed by atoms with van der Waals surface area (Å²) in [6, 6.07) is 0. The fraction of sp³-hybridized carbons (Fsp3) is 0.938. The SMILES string of the molecule is CCC(C)CCCCCCCCC(=O)OC[C@H](COP(=O)(O)OCC(O)COP(=O)(O)OC[C@@H](COC(=O)CCCCCCCCCCC(C)C)OC(=O)CCCCCCCCCCCCC(C)C)OC(=O)CCCCCCCCC(C)C. The number of esters is 4. The Hall–Kier alpha value is -1.94. The van der Waals surface area contributed by atoms with Gasteiger partial charge in [-0.1, -0.05) is 254 Å². The highest BCUT2D eigenvalue weighted by Gasteiger charge is 2.30. The molecule has 0 saturated heterocycles. The Morgan fingerprint density at radius 1 is 0.337 bits per heavy atom. The summed E-state index contributed by atoms with van der Waals surface area (Å²) < 4.78 is 68.0. The molecular weight excluding hydrogens is 1100 g/mol. The molecule has 0 aliphatic carbocycles. The molecule has 4 unspecified atom stereocenters. The van der Waals surface area contributed by atoms with Crippen molar-refractivity contribution in [3.63, 3.8) is 0 Å². The van der Waals surface area contributed by atoms with Crippen molar-refractivity contribution in [3.05, 3.63) is 0 Å². The van der Waals surface area contributed by atoms with E-state index in [1.54, 1.807) is 0 Å². The molecule has 0 spiro atoms. The maximum atomic E-state index is 13.0. The molecule has 0 saturated carbocycles. The molecule has 0 aromatic carbocycles. The van der Waals surface area contributed by atoms with Crippen molar-refractivity contribution < 1.29 is 80.2 Å². The Labute approximate surface area is 505 Å². The summed E-state index contributed by atoms with van der Waals surface area (Å²) in [5.41, 5.74) is 0. The van der Waals surface area contributed by atoms with Crippen LogP contribution < -0.4 is 0 Å². The minimum absolute atomic E-state index is 0.100. The third-order valence-electron chi connectivity index (χ3n) is 14.9. The first kappa shape index (κ1) is 81.1. The molecule has 19 heteroatoms. The average Bonchev–Trinajstić information content (AvgIpc) is 3.43. The number of carbonyl (C=O) groups excluding carboxylic acids is 4. The largest absolute Gasteiger partial charge is 0.472 e. The van der Waals surface area contributed by atoms with Gasteiger partial charge in [0.1, 0.15) is 19.3 Å². The lowest BCUT2D eigenvalue weighted by Gasteiger charge is -2.21. The molecule has 492 valence electrons. The normalized spacial score (nSPS) is 14.8. The van der Waals surface area contributed by atoms with Crippen molar-refractivity contribution in [1.82, 2.24) is 0 Å². The molecule has 0 heterocycles. The number of aliphatic hydroxyl groups is 1. The van der Waals surface area contributed by atoms with Crippen LogP contribution in [0.3, 0.4) is 0 Å². The van der Waals surface area contributed by atoms with E-state index >= 15 is 0 Å². The van der Waals surface area contributed by atoms with Crippen LogP contribution in [0.25, 0.3) is 0 Å². The Bertz CT molecular complexity index is 1660. The van der Waals surface area contributed by atoms with Crippen LogP contribution in [0.4, 0.5) is 0 Å². The summed E-state index contributed by atoms with van der Waals surface area (Å²) in [5.74, 6) is 0.735. The molecule has 0 fully saturated rings. The number of phosphoric acid groups is 2. The smallest absolute Gasteiger partial charge is 0.462 e. The van der Waals surface area contributed by atoms with E-state index in [4.69, 9.17) is 37.0 Å². The average molecular weight is 1230 g/mol. The zero-order valence-electron chi connectivity index (χ0n) is 53.8. The first-order chi connectivity index (χ1) is 39.6. The van der Waals surface area contributed by atoms with E-state index in [1.165, 1.54) is 103 Å². The first-order valence-corrected chi connectivity index (χ1v) is 36.2. The van der Waals surface area contributed by atoms with Gasteiger partial charge in [0.25, 0.3) is 0 Å². The second-order valence-corrected chi connectivity index (χ2v) is 27.7. The van der Waals surface area contributed by atoms with E-state index < -0.39 is 97.5 Å². The van der Waals surface area contributed by atoms with Gasteiger partial charge in [0.05, 0.1) is 26.4 Å². The molecule has 83 heavy (non-hydrogen) atoms. The van der Waals surface area contributed by atoms with E-state index in [0.717, 1.165) is 114 Å². The van der Waals surface area contributed by atoms with E-state index in [9.17, 15) is 43.2 Å². The van der Waals surface area contributed by atoms with Crippen LogP contribution in [0.5, 0.6) is 0 Å². The predicted molar refractivity (Wildman–Crippen MR) is 331 cm³/mol. The van der Waals surface area contributed by atoms with Crippen molar-refractivity contribution in [2.45, 2.75) is 324 Å². The summed E-state index contributed by atoms with van der Waals surface area (Å²) in [6.45, 7) is 13.9. The standard InChI is InChI=1S/C64H124O17P2/c1-9-57(8)43-35-27-21-23-29-37-45-62(67)75-51-60(81-64(69)47-39-31-22-20-26-34-42-56(6)7)53-79-83(72,73)77-49-58(65)48-76-82(70,71)78-52-59(50-74-61(66)44-36-28-18-15-14-17-25-33-41-55(4)5)80-63(68)46-38-30-19-13-11-10-12-16-24-32-40-54(2)3/h54-60,65H,9-53H2,1-8H3,(H,70,71)(H,72,73)/t57?,58?,59-,60-/m1/s1. The number of carbonyl (C=O) groups is 4. The fourth-order valence-corrected chi connectivity index (χ4v) is 11.0. The third-order valence-corrected chi connectivity index (χ3v) is 16.8. The van der Waals surface area contributed by atoms with Crippen molar-refractivity contribution in [1.29, 1.82) is 0 Å². The van der Waals surface area contributed by atoms with Crippen LogP contribution in [-0.4, -0.2) is 96.7 Å². The van der Waals surface area contributed by atoms with Crippen LogP contribution in [-0.2, 0) is 65.4 Å². The molecule has 3 N–H and O–H groups in total. The molecule has 0 radical (unpaired) electrons. The highest BCUT2D eigenvalue weighted by Crippen LogP contribution is 2.45. The van der Waals surface area contributed by atoms with Crippen LogP contribution in [0.2, 0.25) is 0 Å². The van der Waals surface area contributed by atoms with Gasteiger partial charge in [0.2, 0.25) is 0 Å². The van der Waals surface area contributed by atoms with Crippen LogP contribution >= 0.6 is 15.6 Å². The highest BCUT2D eigenvalue weighted by atomic mass is 31.2. The van der Waals surface area contributed by atoms with E-state index in [1.807, 2.05) is 0 Å². The van der Waals surface area contributed by atoms with Gasteiger partial charge in [-0.2, -0.15) is 0 Å². The van der Waals surface area contributed by atoms with Crippen LogP contribution in [0.1, 0.15) is 306 Å². The van der Waals surface area contributed by atoms with Gasteiger partial charge >= 0.3 is 39.5 Å². The summed E-state index contributed by atoms with van der Waals surface area (Å²) >= 11 is 0. The molecule has 0 rings (SSSR count). The van der Waals surface area contributed by atoms with Gasteiger partial charge in [-0.3, -0.25) is 37.3 Å². The zero-order chi connectivity index (χ0) is 61.8. The number of hydrogen-bond acceptors (Lipinski definition) is 15. The van der Waals surface area contributed by atoms with E-state index in [0.29, 0.717) is 31.6 Å². The Morgan fingerprint density at radius 2 is 0.578 bits per heavy atom. The quantitative estimate of drug-likeness (QED) is 0.0222. The summed E-state index contributed by atoms with van der Waals surface area (Å²) in [6.07, 6.45) is 33.7. The van der Waals surface area contributed by atoms with Gasteiger partial charge < -0.3 is 33.8 Å². The van der Waals surface area contributed by atoms with Gasteiger partial charge in [-0.15, -0.1) is 0 Å². The molecule has 17 nitrogen and oxygen atoms in total. The molecule has 0 bridgehead atoms. The molecule has 0 aliphatic rings. The fourth-order valence-electron chi connectivity index (χ4n) is 9.40. The number of ether oxygens (including phenoxy) is 4. The van der Waals surface area contributed by atoms with Crippen molar-refractivity contribution in [2.75, 3.05) is 39.6 Å². The van der Waals surface area contributed by atoms with Crippen LogP contribution in [0.15, 0.2) is 0 Å². The topological polar surface area (TPSA) is 237 Å². The molecule has 0 aromatic rings. The van der Waals surface area contributed by atoms with E-state index in [2.05, 4.69) is 55.4 Å². The molecular formula is C64H124O17P2. The number of aliphatic hydroxyl groups excluding tert-OH is 1. The maximum Gasteiger partial charge on any atom is 0.472 e. The van der Waals surface area contributed by atoms with Gasteiger partial charge in [-0.05, 0) is 49.4 Å². The molecule has 0 aliphatic heterocycles. The summed E-state index contributed by atoms with van der Waals surface area (Å²) in [4.78, 5) is 72.2. The van der Waals surface area contributed by atoms with Gasteiger partial charge in [0.15, 0.2) is 12.2 Å².